The minimum absolute atomic E-state index is 0.126. The van der Waals surface area contributed by atoms with Crippen LogP contribution in [0.3, 0.4) is 0 Å². The van der Waals surface area contributed by atoms with Crippen molar-refractivity contribution in [1.29, 1.82) is 0 Å². The van der Waals surface area contributed by atoms with Gasteiger partial charge >= 0.3 is 11.1 Å². The Kier molecular flexibility index (Phi) is 3.23. The van der Waals surface area contributed by atoms with E-state index in [4.69, 9.17) is 4.42 Å². The quantitative estimate of drug-likeness (QED) is 0.635. The minimum Gasteiger partial charge on any atom is -0.464 e. The third-order valence-electron chi connectivity index (χ3n) is 3.41. The van der Waals surface area contributed by atoms with Crippen LogP contribution >= 0.6 is 0 Å². The summed E-state index contributed by atoms with van der Waals surface area (Å²) in [6.45, 7) is 1.89. The summed E-state index contributed by atoms with van der Waals surface area (Å²) in [7, 11) is 1.84. The van der Waals surface area contributed by atoms with Crippen LogP contribution < -0.4 is 16.4 Å². The number of rotatable bonds is 3. The fraction of sp³-hybridized carbons (Fsp3) is 0.200. The zero-order valence-corrected chi connectivity index (χ0v) is 11.7. The fourth-order valence-electron chi connectivity index (χ4n) is 2.39. The molecule has 1 aromatic carbocycles. The second kappa shape index (κ2) is 5.06. The molecule has 0 spiro atoms. The highest BCUT2D eigenvalue weighted by molar-refractivity contribution is 5.74. The van der Waals surface area contributed by atoms with Crippen LogP contribution in [0.4, 0.5) is 0 Å². The Balaban J connectivity index is 2.13. The van der Waals surface area contributed by atoms with Crippen molar-refractivity contribution in [1.82, 2.24) is 15.3 Å². The highest BCUT2D eigenvalue weighted by Gasteiger charge is 2.16. The van der Waals surface area contributed by atoms with Crippen molar-refractivity contribution >= 4 is 11.0 Å². The van der Waals surface area contributed by atoms with Crippen LogP contribution in [0.1, 0.15) is 23.1 Å². The van der Waals surface area contributed by atoms with Crippen LogP contribution in [-0.4, -0.2) is 17.0 Å². The van der Waals surface area contributed by atoms with Gasteiger partial charge in [-0.05, 0) is 43.8 Å². The van der Waals surface area contributed by atoms with E-state index >= 15 is 0 Å². The van der Waals surface area contributed by atoms with Crippen LogP contribution in [0, 0.1) is 6.92 Å². The van der Waals surface area contributed by atoms with Crippen molar-refractivity contribution < 1.29 is 4.42 Å². The maximum Gasteiger partial charge on any atom is 0.314 e. The first kappa shape index (κ1) is 13.4. The van der Waals surface area contributed by atoms with Gasteiger partial charge in [-0.2, -0.15) is 0 Å². The van der Waals surface area contributed by atoms with Gasteiger partial charge in [0.1, 0.15) is 11.5 Å². The van der Waals surface area contributed by atoms with Gasteiger partial charge in [-0.3, -0.25) is 9.59 Å². The van der Waals surface area contributed by atoms with Crippen molar-refractivity contribution in [2.24, 2.45) is 0 Å². The zero-order valence-electron chi connectivity index (χ0n) is 11.7. The molecule has 3 N–H and O–H groups in total. The summed E-state index contributed by atoms with van der Waals surface area (Å²) in [5.41, 5.74) is 0.799. The second-order valence-corrected chi connectivity index (χ2v) is 4.88. The number of furan rings is 1. The first-order valence-corrected chi connectivity index (χ1v) is 6.58. The number of aromatic amines is 2. The summed E-state index contributed by atoms with van der Waals surface area (Å²) in [5, 5.41) is 3.18. The summed E-state index contributed by atoms with van der Waals surface area (Å²) in [5.74, 6) is 1.63. The van der Waals surface area contributed by atoms with Crippen LogP contribution in [-0.2, 0) is 0 Å². The summed E-state index contributed by atoms with van der Waals surface area (Å²) in [4.78, 5) is 27.8. The number of hydrogen-bond donors (Lipinski definition) is 3. The molecule has 6 heteroatoms. The molecule has 1 unspecified atom stereocenters. The highest BCUT2D eigenvalue weighted by atomic mass is 16.3. The van der Waals surface area contributed by atoms with E-state index in [1.807, 2.05) is 38.2 Å². The van der Waals surface area contributed by atoms with Gasteiger partial charge in [-0.1, -0.05) is 6.07 Å². The van der Waals surface area contributed by atoms with Crippen LogP contribution in [0.2, 0.25) is 0 Å². The molecule has 0 radical (unpaired) electrons. The smallest absolute Gasteiger partial charge is 0.314 e. The highest BCUT2D eigenvalue weighted by Crippen LogP contribution is 2.25. The van der Waals surface area contributed by atoms with Crippen molar-refractivity contribution in [2.45, 2.75) is 13.0 Å². The van der Waals surface area contributed by atoms with Crippen LogP contribution in [0.15, 0.2) is 44.3 Å². The molecule has 3 rings (SSSR count). The maximum atomic E-state index is 11.4. The Morgan fingerprint density at radius 2 is 1.76 bits per heavy atom. The molecule has 0 bridgehead atoms. The first-order valence-electron chi connectivity index (χ1n) is 6.58. The molecule has 108 valence electrons. The Bertz CT molecular complexity index is 904. The average molecular weight is 285 g/mol. The number of aromatic nitrogens is 2. The lowest BCUT2D eigenvalue weighted by Crippen LogP contribution is -2.29. The molecule has 2 heterocycles. The van der Waals surface area contributed by atoms with Gasteiger partial charge in [0.2, 0.25) is 0 Å². The third-order valence-corrected chi connectivity index (χ3v) is 3.41. The number of H-pyrrole nitrogens is 2. The maximum absolute atomic E-state index is 11.4. The van der Waals surface area contributed by atoms with E-state index in [-0.39, 0.29) is 6.04 Å². The van der Waals surface area contributed by atoms with Crippen LogP contribution in [0.25, 0.3) is 11.0 Å². The molecule has 0 amide bonds. The first-order chi connectivity index (χ1) is 10.1. The van der Waals surface area contributed by atoms with Gasteiger partial charge in [-0.25, -0.2) is 0 Å². The number of aryl methyl sites for hydroxylation is 1. The molecule has 1 atom stereocenters. The number of benzene rings is 1. The Hall–Kier alpha value is -2.60. The molecule has 2 aromatic heterocycles. The van der Waals surface area contributed by atoms with E-state index in [0.717, 1.165) is 17.1 Å². The third kappa shape index (κ3) is 2.41. The fourth-order valence-corrected chi connectivity index (χ4v) is 2.39. The number of hydrogen-bond acceptors (Lipinski definition) is 4. The predicted molar refractivity (Wildman–Crippen MR) is 79.5 cm³/mol. The van der Waals surface area contributed by atoms with Crippen molar-refractivity contribution in [3.05, 3.63) is 68.1 Å². The van der Waals surface area contributed by atoms with Crippen molar-refractivity contribution in [3.63, 3.8) is 0 Å². The number of nitrogens with one attached hydrogen (secondary N) is 3. The summed E-state index contributed by atoms with van der Waals surface area (Å²) >= 11 is 0. The predicted octanol–water partition coefficient (Wildman–Crippen LogP) is 1.43. The molecule has 0 saturated heterocycles. The van der Waals surface area contributed by atoms with E-state index in [0.29, 0.717) is 11.0 Å². The molecule has 0 saturated carbocycles. The van der Waals surface area contributed by atoms with E-state index in [1.165, 1.54) is 0 Å². The molecular weight excluding hydrogens is 270 g/mol. The van der Waals surface area contributed by atoms with E-state index in [9.17, 15) is 9.59 Å². The van der Waals surface area contributed by atoms with Gasteiger partial charge in [0.25, 0.3) is 0 Å². The molecule has 3 aromatic rings. The zero-order chi connectivity index (χ0) is 15.0. The lowest BCUT2D eigenvalue weighted by atomic mass is 10.0. The summed E-state index contributed by atoms with van der Waals surface area (Å²) < 4.78 is 5.65. The molecule has 0 aliphatic rings. The Morgan fingerprint density at radius 3 is 2.38 bits per heavy atom. The van der Waals surface area contributed by atoms with Crippen molar-refractivity contribution in [3.8, 4) is 0 Å². The molecular formula is C15H15N3O3. The minimum atomic E-state index is -0.658. The molecule has 0 aliphatic carbocycles. The van der Waals surface area contributed by atoms with Gasteiger partial charge in [0.15, 0.2) is 0 Å². The van der Waals surface area contributed by atoms with E-state index < -0.39 is 11.1 Å². The van der Waals surface area contributed by atoms with E-state index in [1.54, 1.807) is 6.07 Å². The lowest BCUT2D eigenvalue weighted by Gasteiger charge is -2.14. The summed E-state index contributed by atoms with van der Waals surface area (Å²) in [6, 6.07) is 9.17. The number of fused-ring (bicyclic) bond motifs is 1. The Morgan fingerprint density at radius 1 is 1.05 bits per heavy atom. The van der Waals surface area contributed by atoms with E-state index in [2.05, 4.69) is 15.3 Å². The average Bonchev–Trinajstić information content (AvgIpc) is 2.87. The second-order valence-electron chi connectivity index (χ2n) is 4.88. The molecule has 6 nitrogen and oxygen atoms in total. The standard InChI is InChI=1S/C15H15N3O3/c1-8-3-6-12(21-8)13(16-2)9-4-5-10-11(7-9)18-15(20)14(19)17-10/h3-7,13,16H,1-2H3,(H,17,19)(H,18,20). The van der Waals surface area contributed by atoms with Gasteiger partial charge < -0.3 is 19.7 Å². The Labute approximate surface area is 119 Å². The SMILES string of the molecule is CNC(c1ccc2[nH]c(=O)c(=O)[nH]c2c1)c1ccc(C)o1. The lowest BCUT2D eigenvalue weighted by molar-refractivity contribution is 0.444. The molecule has 21 heavy (non-hydrogen) atoms. The van der Waals surface area contributed by atoms with Gasteiger partial charge in [-0.15, -0.1) is 0 Å². The summed E-state index contributed by atoms with van der Waals surface area (Å²) in [6.07, 6.45) is 0. The largest absolute Gasteiger partial charge is 0.464 e. The van der Waals surface area contributed by atoms with Gasteiger partial charge in [0.05, 0.1) is 17.1 Å². The molecule has 0 fully saturated rings. The van der Waals surface area contributed by atoms with Crippen molar-refractivity contribution in [2.75, 3.05) is 7.05 Å². The normalized spacial score (nSPS) is 12.7. The van der Waals surface area contributed by atoms with Gasteiger partial charge in [0, 0.05) is 0 Å². The molecule has 0 aliphatic heterocycles. The monoisotopic (exact) mass is 285 g/mol. The topological polar surface area (TPSA) is 90.9 Å². The van der Waals surface area contributed by atoms with Crippen LogP contribution in [0.5, 0.6) is 0 Å².